The van der Waals surface area contributed by atoms with Gasteiger partial charge in [0.25, 0.3) is 0 Å². The summed E-state index contributed by atoms with van der Waals surface area (Å²) in [6.07, 6.45) is 3.47. The molecule has 2 bridgehead atoms. The predicted molar refractivity (Wildman–Crippen MR) is 92.0 cm³/mol. The number of benzene rings is 2. The second-order valence-electron chi connectivity index (χ2n) is 6.85. The van der Waals surface area contributed by atoms with Crippen LogP contribution < -0.4 is 4.90 Å². The molecule has 4 atom stereocenters. The smallest absolute Gasteiger partial charge is 0.312 e. The molecule has 0 unspecified atom stereocenters. The van der Waals surface area contributed by atoms with Crippen LogP contribution in [-0.2, 0) is 19.1 Å². The van der Waals surface area contributed by atoms with Crippen molar-refractivity contribution in [2.24, 2.45) is 11.8 Å². The van der Waals surface area contributed by atoms with Gasteiger partial charge < -0.3 is 14.4 Å². The van der Waals surface area contributed by atoms with Gasteiger partial charge in [-0.1, -0.05) is 48.6 Å². The Morgan fingerprint density at radius 2 is 2.04 bits per heavy atom. The van der Waals surface area contributed by atoms with Crippen molar-refractivity contribution in [3.8, 4) is 0 Å². The van der Waals surface area contributed by atoms with Gasteiger partial charge in [-0.25, -0.2) is 0 Å². The predicted octanol–water partition coefficient (Wildman–Crippen LogP) is 2.30. The van der Waals surface area contributed by atoms with Crippen LogP contribution in [0.1, 0.15) is 0 Å². The Balaban J connectivity index is 1.61. The second kappa shape index (κ2) is 4.92. The quantitative estimate of drug-likeness (QED) is 0.624. The lowest BCUT2D eigenvalue weighted by Crippen LogP contribution is -2.39. The maximum atomic E-state index is 13.3. The van der Waals surface area contributed by atoms with Crippen molar-refractivity contribution in [2.75, 3.05) is 18.6 Å². The van der Waals surface area contributed by atoms with Crippen LogP contribution in [0.25, 0.3) is 10.8 Å². The van der Waals surface area contributed by atoms with Gasteiger partial charge in [0.1, 0.15) is 11.5 Å². The van der Waals surface area contributed by atoms with Crippen molar-refractivity contribution in [2.45, 2.75) is 11.7 Å². The second-order valence-corrected chi connectivity index (χ2v) is 6.85. The van der Waals surface area contributed by atoms with E-state index in [9.17, 15) is 9.59 Å². The van der Waals surface area contributed by atoms with Gasteiger partial charge in [-0.3, -0.25) is 9.59 Å². The molecule has 2 aromatic rings. The first-order valence-corrected chi connectivity index (χ1v) is 8.39. The molecule has 3 heterocycles. The van der Waals surface area contributed by atoms with Crippen molar-refractivity contribution in [3.63, 3.8) is 0 Å². The topological polar surface area (TPSA) is 55.8 Å². The zero-order valence-electron chi connectivity index (χ0n) is 13.7. The van der Waals surface area contributed by atoms with Crippen molar-refractivity contribution < 1.29 is 19.1 Å². The number of hydrogen-bond donors (Lipinski definition) is 0. The van der Waals surface area contributed by atoms with E-state index < -0.39 is 17.4 Å². The summed E-state index contributed by atoms with van der Waals surface area (Å²) < 4.78 is 11.0. The highest BCUT2D eigenvalue weighted by Gasteiger charge is 2.67. The van der Waals surface area contributed by atoms with Gasteiger partial charge in [0.2, 0.25) is 5.91 Å². The van der Waals surface area contributed by atoms with Gasteiger partial charge in [-0.05, 0) is 11.5 Å². The highest BCUT2D eigenvalue weighted by atomic mass is 16.5. The van der Waals surface area contributed by atoms with Gasteiger partial charge in [-0.2, -0.15) is 0 Å². The molecule has 3 aliphatic heterocycles. The van der Waals surface area contributed by atoms with Gasteiger partial charge in [0.15, 0.2) is 0 Å². The number of ether oxygens (including phenoxy) is 2. The van der Waals surface area contributed by atoms with E-state index in [2.05, 4.69) is 0 Å². The summed E-state index contributed by atoms with van der Waals surface area (Å²) in [6.45, 7) is 0.422. The summed E-state index contributed by atoms with van der Waals surface area (Å²) in [5.41, 5.74) is 0.133. The van der Waals surface area contributed by atoms with Gasteiger partial charge in [0.05, 0.1) is 31.4 Å². The van der Waals surface area contributed by atoms with E-state index in [1.54, 1.807) is 4.90 Å². The molecule has 5 rings (SSSR count). The lowest BCUT2D eigenvalue weighted by atomic mass is 9.77. The number of nitrogens with zero attached hydrogens (tertiary/aromatic N) is 1. The Hall–Kier alpha value is -2.66. The van der Waals surface area contributed by atoms with Gasteiger partial charge in [0, 0.05) is 5.39 Å². The Kier molecular flexibility index (Phi) is 2.89. The number of rotatable bonds is 2. The number of carbonyl (C=O) groups is 2. The number of amides is 1. The molecule has 25 heavy (non-hydrogen) atoms. The molecular formula is C20H17NO4. The lowest BCUT2D eigenvalue weighted by molar-refractivity contribution is -0.149. The van der Waals surface area contributed by atoms with Crippen LogP contribution in [0.3, 0.4) is 0 Å². The molecule has 5 nitrogen and oxygen atoms in total. The van der Waals surface area contributed by atoms with E-state index >= 15 is 0 Å². The third kappa shape index (κ3) is 1.81. The normalized spacial score (nSPS) is 32.4. The Labute approximate surface area is 144 Å². The van der Waals surface area contributed by atoms with Crippen molar-refractivity contribution in [1.82, 2.24) is 0 Å². The minimum atomic E-state index is -0.725. The molecule has 0 radical (unpaired) electrons. The SMILES string of the molecule is COC(=O)[C@@H]1[C@H]2C(=O)N(c3cccc4ccccc34)C[C@@]23C=C[C@H]1O3. The molecule has 0 saturated carbocycles. The fraction of sp³-hybridized carbons (Fsp3) is 0.300. The molecule has 2 saturated heterocycles. The maximum absolute atomic E-state index is 13.3. The van der Waals surface area contributed by atoms with Crippen LogP contribution in [0.4, 0.5) is 5.69 Å². The summed E-state index contributed by atoms with van der Waals surface area (Å²) >= 11 is 0. The Morgan fingerprint density at radius 1 is 1.24 bits per heavy atom. The summed E-state index contributed by atoms with van der Waals surface area (Å²) in [4.78, 5) is 27.2. The fourth-order valence-corrected chi connectivity index (χ4v) is 4.55. The number of esters is 1. The summed E-state index contributed by atoms with van der Waals surface area (Å²) in [5.74, 6) is -1.54. The first-order chi connectivity index (χ1) is 12.1. The number of methoxy groups -OCH3 is 1. The summed E-state index contributed by atoms with van der Waals surface area (Å²) in [6, 6.07) is 13.9. The molecule has 3 aliphatic rings. The largest absolute Gasteiger partial charge is 0.469 e. The van der Waals surface area contributed by atoms with Gasteiger partial charge >= 0.3 is 5.97 Å². The van der Waals surface area contributed by atoms with Crippen LogP contribution in [0.15, 0.2) is 54.6 Å². The highest BCUT2D eigenvalue weighted by molar-refractivity contribution is 6.08. The first kappa shape index (κ1) is 14.7. The maximum Gasteiger partial charge on any atom is 0.312 e. The minimum Gasteiger partial charge on any atom is -0.469 e. The third-order valence-electron chi connectivity index (χ3n) is 5.63. The standard InChI is InChI=1S/C20H17NO4/c1-24-19(23)16-15-9-10-20(25-15)11-21(18(22)17(16)20)14-8-4-6-12-5-2-3-7-13(12)14/h2-10,15-17H,11H2,1H3/t15-,16+,17+,20+/m1/s1. The van der Waals surface area contributed by atoms with Crippen molar-refractivity contribution >= 4 is 28.3 Å². The van der Waals surface area contributed by atoms with Crippen LogP contribution in [0.5, 0.6) is 0 Å². The lowest BCUT2D eigenvalue weighted by Gasteiger charge is -2.22. The minimum absolute atomic E-state index is 0.0707. The molecular weight excluding hydrogens is 318 g/mol. The molecule has 0 aromatic heterocycles. The van der Waals surface area contributed by atoms with Gasteiger partial charge in [-0.15, -0.1) is 0 Å². The van der Waals surface area contributed by atoms with Crippen LogP contribution in [0, 0.1) is 11.8 Å². The number of carbonyl (C=O) groups excluding carboxylic acids is 2. The van der Waals surface area contributed by atoms with E-state index in [4.69, 9.17) is 9.47 Å². The Bertz CT molecular complexity index is 931. The summed E-state index contributed by atoms with van der Waals surface area (Å²) in [7, 11) is 1.35. The average Bonchev–Trinajstić information content (AvgIpc) is 3.29. The van der Waals surface area contributed by atoms with E-state index in [0.29, 0.717) is 6.54 Å². The van der Waals surface area contributed by atoms with Crippen molar-refractivity contribution in [3.05, 3.63) is 54.6 Å². The first-order valence-electron chi connectivity index (χ1n) is 8.39. The number of anilines is 1. The third-order valence-corrected chi connectivity index (χ3v) is 5.63. The van der Waals surface area contributed by atoms with Crippen LogP contribution >= 0.6 is 0 Å². The monoisotopic (exact) mass is 335 g/mol. The fourth-order valence-electron chi connectivity index (χ4n) is 4.55. The van der Waals surface area contributed by atoms with Crippen LogP contribution in [0.2, 0.25) is 0 Å². The zero-order valence-corrected chi connectivity index (χ0v) is 13.7. The number of hydrogen-bond acceptors (Lipinski definition) is 4. The number of fused-ring (bicyclic) bond motifs is 2. The van der Waals surface area contributed by atoms with E-state index in [1.165, 1.54) is 7.11 Å². The zero-order chi connectivity index (χ0) is 17.2. The molecule has 2 aromatic carbocycles. The molecule has 2 fully saturated rings. The van der Waals surface area contributed by atoms with Crippen molar-refractivity contribution in [1.29, 1.82) is 0 Å². The molecule has 1 amide bonds. The van der Waals surface area contributed by atoms with E-state index in [1.807, 2.05) is 54.6 Å². The molecule has 126 valence electrons. The molecule has 5 heteroatoms. The average molecular weight is 335 g/mol. The molecule has 0 aliphatic carbocycles. The Morgan fingerprint density at radius 3 is 2.88 bits per heavy atom. The molecule has 0 N–H and O–H groups in total. The van der Waals surface area contributed by atoms with E-state index in [0.717, 1.165) is 16.5 Å². The van der Waals surface area contributed by atoms with Crippen LogP contribution in [-0.4, -0.2) is 37.2 Å². The molecule has 1 spiro atoms. The summed E-state index contributed by atoms with van der Waals surface area (Å²) in [5, 5.41) is 2.09. The highest BCUT2D eigenvalue weighted by Crippen LogP contribution is 2.53. The van der Waals surface area contributed by atoms with E-state index in [-0.39, 0.29) is 18.0 Å².